The molecule has 8 nitrogen and oxygen atoms in total. The van der Waals surface area contributed by atoms with E-state index in [1.165, 1.54) is 0 Å². The van der Waals surface area contributed by atoms with Crippen molar-refractivity contribution in [3.8, 4) is 0 Å². The molecule has 0 N–H and O–H groups in total. The van der Waals surface area contributed by atoms with E-state index in [-0.39, 0.29) is 35.2 Å². The van der Waals surface area contributed by atoms with Crippen molar-refractivity contribution in [1.29, 1.82) is 0 Å². The molecule has 12 atom stereocenters. The van der Waals surface area contributed by atoms with Gasteiger partial charge in [-0.05, 0) is 36.5 Å². The molecule has 28 heavy (non-hydrogen) atoms. The minimum absolute atomic E-state index is 0.0502. The molecule has 4 bridgehead atoms. The van der Waals surface area contributed by atoms with Gasteiger partial charge in [0.05, 0.1) is 23.7 Å². The fourth-order valence-corrected chi connectivity index (χ4v) is 8.58. The Morgan fingerprint density at radius 1 is 0.429 bits per heavy atom. The molecule has 0 aromatic heterocycles. The summed E-state index contributed by atoms with van der Waals surface area (Å²) in [5, 5.41) is 0. The van der Waals surface area contributed by atoms with Crippen molar-refractivity contribution < 1.29 is 38.2 Å². The number of carbonyl (C=O) groups excluding carboxylic acids is 6. The molecule has 2 heterocycles. The van der Waals surface area contributed by atoms with Crippen molar-refractivity contribution in [2.75, 3.05) is 0 Å². The molecule has 2 aliphatic heterocycles. The summed E-state index contributed by atoms with van der Waals surface area (Å²) in [7, 11) is 0. The minimum atomic E-state index is -0.614. The number of Topliss-reactive ketones (excluding diaryl/α,β-unsaturated/α-hetero) is 2. The zero-order chi connectivity index (χ0) is 19.2. The van der Waals surface area contributed by atoms with E-state index in [0.717, 1.165) is 0 Å². The molecule has 7 rings (SSSR count). The first-order chi connectivity index (χ1) is 13.4. The molecular formula is C20H16O8. The molecule has 0 aromatic carbocycles. The van der Waals surface area contributed by atoms with Gasteiger partial charge in [-0.2, -0.15) is 0 Å². The lowest BCUT2D eigenvalue weighted by Gasteiger charge is -2.45. The Hall–Kier alpha value is -2.38. The predicted molar refractivity (Wildman–Crippen MR) is 83.3 cm³/mol. The van der Waals surface area contributed by atoms with E-state index < -0.39 is 71.2 Å². The van der Waals surface area contributed by atoms with Crippen molar-refractivity contribution in [3.05, 3.63) is 0 Å². The van der Waals surface area contributed by atoms with Gasteiger partial charge in [0.15, 0.2) is 0 Å². The van der Waals surface area contributed by atoms with Gasteiger partial charge in [-0.15, -0.1) is 0 Å². The highest BCUT2D eigenvalue weighted by Crippen LogP contribution is 2.69. The van der Waals surface area contributed by atoms with E-state index in [1.807, 2.05) is 0 Å². The summed E-state index contributed by atoms with van der Waals surface area (Å²) in [6, 6.07) is 0. The monoisotopic (exact) mass is 384 g/mol. The van der Waals surface area contributed by atoms with Crippen molar-refractivity contribution >= 4 is 35.4 Å². The lowest BCUT2D eigenvalue weighted by molar-refractivity contribution is -0.159. The topological polar surface area (TPSA) is 121 Å². The lowest BCUT2D eigenvalue weighted by Crippen LogP contribution is -2.57. The number of carbonyl (C=O) groups is 6. The molecule has 8 heteroatoms. The van der Waals surface area contributed by atoms with Gasteiger partial charge >= 0.3 is 23.9 Å². The highest BCUT2D eigenvalue weighted by atomic mass is 16.6. The molecule has 0 aromatic rings. The number of cyclic esters (lactones) is 4. The van der Waals surface area contributed by atoms with E-state index in [0.29, 0.717) is 12.8 Å². The maximum atomic E-state index is 13.5. The molecule has 0 spiro atoms. The molecule has 144 valence electrons. The van der Waals surface area contributed by atoms with Gasteiger partial charge in [-0.25, -0.2) is 0 Å². The smallest absolute Gasteiger partial charge is 0.317 e. The third-order valence-electron chi connectivity index (χ3n) is 9.13. The second-order valence-corrected chi connectivity index (χ2v) is 9.62. The summed E-state index contributed by atoms with van der Waals surface area (Å²) in [5.74, 6) is -8.41. The van der Waals surface area contributed by atoms with E-state index >= 15 is 0 Å². The molecule has 0 amide bonds. The highest BCUT2D eigenvalue weighted by Gasteiger charge is 2.77. The zero-order valence-electron chi connectivity index (χ0n) is 14.6. The van der Waals surface area contributed by atoms with Crippen molar-refractivity contribution in [2.24, 2.45) is 71.0 Å². The second-order valence-electron chi connectivity index (χ2n) is 9.62. The van der Waals surface area contributed by atoms with Gasteiger partial charge in [-0.1, -0.05) is 0 Å². The number of rotatable bonds is 0. The van der Waals surface area contributed by atoms with Crippen LogP contribution in [-0.4, -0.2) is 35.4 Å². The first-order valence-electron chi connectivity index (χ1n) is 9.98. The van der Waals surface area contributed by atoms with Gasteiger partial charge in [-0.3, -0.25) is 28.8 Å². The average molecular weight is 384 g/mol. The first-order valence-corrected chi connectivity index (χ1v) is 9.98. The third kappa shape index (κ3) is 1.38. The Kier molecular flexibility index (Phi) is 2.46. The van der Waals surface area contributed by atoms with Gasteiger partial charge in [0, 0.05) is 23.7 Å². The van der Waals surface area contributed by atoms with Crippen LogP contribution in [0.2, 0.25) is 0 Å². The van der Waals surface area contributed by atoms with Crippen LogP contribution in [0.25, 0.3) is 0 Å². The van der Waals surface area contributed by atoms with E-state index in [4.69, 9.17) is 9.47 Å². The van der Waals surface area contributed by atoms with E-state index in [1.54, 1.807) is 0 Å². The quantitative estimate of drug-likeness (QED) is 0.406. The van der Waals surface area contributed by atoms with Crippen molar-refractivity contribution in [2.45, 2.75) is 12.8 Å². The highest BCUT2D eigenvalue weighted by molar-refractivity contribution is 6.07. The zero-order valence-corrected chi connectivity index (χ0v) is 14.6. The maximum absolute atomic E-state index is 13.5. The fourth-order valence-electron chi connectivity index (χ4n) is 8.58. The molecule has 2 saturated heterocycles. The fraction of sp³-hybridized carbons (Fsp3) is 0.700. The van der Waals surface area contributed by atoms with Crippen LogP contribution in [0, 0.1) is 71.0 Å². The number of fused-ring (bicyclic) bond motifs is 16. The molecule has 7 fully saturated rings. The van der Waals surface area contributed by atoms with Crippen LogP contribution in [0.15, 0.2) is 0 Å². The number of ketones is 2. The van der Waals surface area contributed by atoms with Gasteiger partial charge in [0.2, 0.25) is 0 Å². The summed E-state index contributed by atoms with van der Waals surface area (Å²) >= 11 is 0. The van der Waals surface area contributed by atoms with Crippen molar-refractivity contribution in [3.63, 3.8) is 0 Å². The Balaban J connectivity index is 1.32. The van der Waals surface area contributed by atoms with Gasteiger partial charge < -0.3 is 9.47 Å². The second kappa shape index (κ2) is 4.44. The van der Waals surface area contributed by atoms with Crippen molar-refractivity contribution in [1.82, 2.24) is 0 Å². The largest absolute Gasteiger partial charge is 0.393 e. The Labute approximate surface area is 158 Å². The first kappa shape index (κ1) is 15.5. The molecular weight excluding hydrogens is 368 g/mol. The predicted octanol–water partition coefficient (Wildman–Crippen LogP) is -0.466. The number of hydrogen-bond acceptors (Lipinski definition) is 8. The molecule has 0 radical (unpaired) electrons. The van der Waals surface area contributed by atoms with Gasteiger partial charge in [0.1, 0.15) is 11.6 Å². The summed E-state index contributed by atoms with van der Waals surface area (Å²) in [4.78, 5) is 75.7. The van der Waals surface area contributed by atoms with Crippen LogP contribution in [0.1, 0.15) is 12.8 Å². The summed E-state index contributed by atoms with van der Waals surface area (Å²) < 4.78 is 9.63. The summed E-state index contributed by atoms with van der Waals surface area (Å²) in [5.41, 5.74) is 0. The molecule has 5 aliphatic carbocycles. The average Bonchev–Trinajstić information content (AvgIpc) is 3.43. The van der Waals surface area contributed by atoms with Crippen LogP contribution < -0.4 is 0 Å². The van der Waals surface area contributed by atoms with Crippen LogP contribution in [-0.2, 0) is 38.2 Å². The number of esters is 4. The SMILES string of the molecule is O=C1OC(=O)C2C1[C@H]1C[C@@H]2C2C(=O)C3C(C(=O)C21)[C@H]1C[C@@H]3C2C(=O)OC(=O)C21. The molecule has 8 unspecified atom stereocenters. The molecule has 7 aliphatic rings. The third-order valence-corrected chi connectivity index (χ3v) is 9.13. The maximum Gasteiger partial charge on any atom is 0.317 e. The lowest BCUT2D eigenvalue weighted by atomic mass is 9.53. The standard InChI is InChI=1S/C20H16O8/c21-15-7-3-1-4(12-11(3)17(23)27-18(12)24)8(7)16(22)10-6-2-5(9(10)15)13-14(6)20(26)28-19(13)25/h3-14H,1-2H2/t3-,4+,5+,6-,7?,8?,9?,10?,11?,12?,13?,14?. The van der Waals surface area contributed by atoms with E-state index in [9.17, 15) is 28.8 Å². The van der Waals surface area contributed by atoms with Crippen LogP contribution in [0.3, 0.4) is 0 Å². The Morgan fingerprint density at radius 3 is 0.929 bits per heavy atom. The number of hydrogen-bond donors (Lipinski definition) is 0. The summed E-state index contributed by atoms with van der Waals surface area (Å²) in [6.07, 6.45) is 1.04. The Morgan fingerprint density at radius 2 is 0.679 bits per heavy atom. The molecule has 5 saturated carbocycles. The minimum Gasteiger partial charge on any atom is -0.393 e. The van der Waals surface area contributed by atoms with E-state index in [2.05, 4.69) is 0 Å². The van der Waals surface area contributed by atoms with Crippen LogP contribution >= 0.6 is 0 Å². The number of ether oxygens (including phenoxy) is 2. The summed E-state index contributed by atoms with van der Waals surface area (Å²) in [6.45, 7) is 0. The van der Waals surface area contributed by atoms with Crippen LogP contribution in [0.5, 0.6) is 0 Å². The normalized spacial score (nSPS) is 57.3. The van der Waals surface area contributed by atoms with Crippen LogP contribution in [0.4, 0.5) is 0 Å². The Bertz CT molecular complexity index is 806. The van der Waals surface area contributed by atoms with Gasteiger partial charge in [0.25, 0.3) is 0 Å².